The van der Waals surface area contributed by atoms with Crippen molar-refractivity contribution in [1.82, 2.24) is 0 Å². The number of thiophene rings is 1. The van der Waals surface area contributed by atoms with Gasteiger partial charge in [-0.1, -0.05) is 6.07 Å². The Labute approximate surface area is 107 Å². The smallest absolute Gasteiger partial charge is 0.248 e. The molecule has 72 valence electrons. The van der Waals surface area contributed by atoms with Crippen LogP contribution in [0.25, 0.3) is 10.1 Å². The standard InChI is InChI=1S/C9H5BrINOS/c10-7-5-2-1-4(9(12)13)3-6(5)14-8(7)11/h1-3H,(H2,12,13). The van der Waals surface area contributed by atoms with Crippen molar-refractivity contribution in [2.75, 3.05) is 0 Å². The summed E-state index contributed by atoms with van der Waals surface area (Å²) in [6.07, 6.45) is 0. The number of carbonyl (C=O) groups is 1. The van der Waals surface area contributed by atoms with Crippen LogP contribution in [0.15, 0.2) is 22.7 Å². The van der Waals surface area contributed by atoms with Crippen LogP contribution in [-0.2, 0) is 0 Å². The minimum atomic E-state index is -0.383. The van der Waals surface area contributed by atoms with E-state index < -0.39 is 0 Å². The van der Waals surface area contributed by atoms with Crippen molar-refractivity contribution in [3.05, 3.63) is 31.1 Å². The van der Waals surface area contributed by atoms with Crippen molar-refractivity contribution in [3.63, 3.8) is 0 Å². The Kier molecular flexibility index (Phi) is 2.81. The zero-order valence-corrected chi connectivity index (χ0v) is 11.4. The van der Waals surface area contributed by atoms with Gasteiger partial charge >= 0.3 is 0 Å². The fourth-order valence-corrected chi connectivity index (χ4v) is 3.77. The molecular weight excluding hydrogens is 377 g/mol. The summed E-state index contributed by atoms with van der Waals surface area (Å²) in [6.45, 7) is 0. The van der Waals surface area contributed by atoms with E-state index in [2.05, 4.69) is 38.5 Å². The minimum absolute atomic E-state index is 0.383. The molecule has 0 atom stereocenters. The van der Waals surface area contributed by atoms with Crippen LogP contribution in [0.2, 0.25) is 0 Å². The monoisotopic (exact) mass is 381 g/mol. The molecule has 1 aromatic heterocycles. The Bertz CT molecular complexity index is 523. The zero-order chi connectivity index (χ0) is 10.3. The van der Waals surface area contributed by atoms with E-state index in [4.69, 9.17) is 5.73 Å². The Balaban J connectivity index is 2.73. The summed E-state index contributed by atoms with van der Waals surface area (Å²) >= 11 is 7.40. The highest BCUT2D eigenvalue weighted by Crippen LogP contribution is 2.36. The van der Waals surface area contributed by atoms with Gasteiger partial charge in [-0.15, -0.1) is 11.3 Å². The Hall–Kier alpha value is -0.140. The molecule has 2 aromatic rings. The molecule has 14 heavy (non-hydrogen) atoms. The quantitative estimate of drug-likeness (QED) is 0.756. The SMILES string of the molecule is NC(=O)c1ccc2c(Br)c(I)sc2c1. The van der Waals surface area contributed by atoms with E-state index in [9.17, 15) is 4.79 Å². The molecule has 1 aromatic carbocycles. The average Bonchev–Trinajstić information content (AvgIpc) is 2.42. The lowest BCUT2D eigenvalue weighted by atomic mass is 10.2. The highest BCUT2D eigenvalue weighted by Gasteiger charge is 2.09. The molecule has 2 nitrogen and oxygen atoms in total. The molecule has 2 N–H and O–H groups in total. The second-order valence-corrected chi connectivity index (χ2v) is 6.42. The molecular formula is C9H5BrINOS. The molecule has 0 fully saturated rings. The first-order chi connectivity index (χ1) is 6.59. The van der Waals surface area contributed by atoms with Crippen LogP contribution in [0, 0.1) is 2.88 Å². The zero-order valence-electron chi connectivity index (χ0n) is 6.88. The highest BCUT2D eigenvalue weighted by atomic mass is 127. The van der Waals surface area contributed by atoms with Crippen LogP contribution in [-0.4, -0.2) is 5.91 Å². The van der Waals surface area contributed by atoms with Crippen molar-refractivity contribution in [3.8, 4) is 0 Å². The van der Waals surface area contributed by atoms with E-state index in [0.29, 0.717) is 5.56 Å². The number of nitrogens with two attached hydrogens (primary N) is 1. The van der Waals surface area contributed by atoms with E-state index in [1.807, 2.05) is 12.1 Å². The van der Waals surface area contributed by atoms with Gasteiger partial charge in [0.1, 0.15) is 0 Å². The first-order valence-corrected chi connectivity index (χ1v) is 6.46. The topological polar surface area (TPSA) is 43.1 Å². The van der Waals surface area contributed by atoms with Crippen molar-refractivity contribution in [2.45, 2.75) is 0 Å². The summed E-state index contributed by atoms with van der Waals surface area (Å²) in [5, 5.41) is 1.13. The largest absolute Gasteiger partial charge is 0.366 e. The van der Waals surface area contributed by atoms with E-state index in [1.165, 1.54) is 2.88 Å². The molecule has 2 rings (SSSR count). The fourth-order valence-electron chi connectivity index (χ4n) is 1.19. The summed E-state index contributed by atoms with van der Waals surface area (Å²) in [6, 6.07) is 5.49. The maximum absolute atomic E-state index is 10.9. The van der Waals surface area contributed by atoms with Gasteiger partial charge in [-0.3, -0.25) is 4.79 Å². The lowest BCUT2D eigenvalue weighted by Gasteiger charge is -1.94. The van der Waals surface area contributed by atoms with Crippen LogP contribution >= 0.6 is 49.9 Å². The van der Waals surface area contributed by atoms with Crippen molar-refractivity contribution in [1.29, 1.82) is 0 Å². The molecule has 0 unspecified atom stereocenters. The second-order valence-electron chi connectivity index (χ2n) is 2.76. The fraction of sp³-hybridized carbons (Fsp3) is 0. The molecule has 1 heterocycles. The highest BCUT2D eigenvalue weighted by molar-refractivity contribution is 14.1. The number of primary amides is 1. The van der Waals surface area contributed by atoms with Gasteiger partial charge in [-0.25, -0.2) is 0 Å². The first kappa shape index (κ1) is 10.4. The average molecular weight is 382 g/mol. The van der Waals surface area contributed by atoms with E-state index in [1.54, 1.807) is 17.4 Å². The van der Waals surface area contributed by atoms with Crippen molar-refractivity contribution >= 4 is 65.9 Å². The van der Waals surface area contributed by atoms with E-state index in [-0.39, 0.29) is 5.91 Å². The lowest BCUT2D eigenvalue weighted by Crippen LogP contribution is -2.10. The molecule has 0 radical (unpaired) electrons. The number of rotatable bonds is 1. The third kappa shape index (κ3) is 1.68. The van der Waals surface area contributed by atoms with Gasteiger partial charge in [0.15, 0.2) is 0 Å². The number of hydrogen-bond acceptors (Lipinski definition) is 2. The van der Waals surface area contributed by atoms with Crippen molar-refractivity contribution < 1.29 is 4.79 Å². The Morgan fingerprint density at radius 3 is 2.86 bits per heavy atom. The number of fused-ring (bicyclic) bond motifs is 1. The van der Waals surface area contributed by atoms with Gasteiger partial charge in [0.05, 0.1) is 2.88 Å². The summed E-state index contributed by atoms with van der Waals surface area (Å²) < 4.78 is 3.35. The van der Waals surface area contributed by atoms with Crippen LogP contribution in [0.1, 0.15) is 10.4 Å². The molecule has 0 aliphatic carbocycles. The molecule has 0 bridgehead atoms. The van der Waals surface area contributed by atoms with Gasteiger partial charge < -0.3 is 5.73 Å². The summed E-state index contributed by atoms with van der Waals surface area (Å²) in [5.74, 6) is -0.383. The summed E-state index contributed by atoms with van der Waals surface area (Å²) in [7, 11) is 0. The van der Waals surface area contributed by atoms with Crippen molar-refractivity contribution in [2.24, 2.45) is 5.73 Å². The Morgan fingerprint density at radius 1 is 1.50 bits per heavy atom. The van der Waals surface area contributed by atoms with Gasteiger partial charge in [0, 0.05) is 20.1 Å². The lowest BCUT2D eigenvalue weighted by molar-refractivity contribution is 0.100. The molecule has 0 aliphatic heterocycles. The normalized spacial score (nSPS) is 10.7. The molecule has 1 amide bonds. The molecule has 0 spiro atoms. The third-order valence-corrected chi connectivity index (χ3v) is 5.84. The second kappa shape index (κ2) is 3.79. The number of hydrogen-bond donors (Lipinski definition) is 1. The van der Waals surface area contributed by atoms with Crippen LogP contribution in [0.4, 0.5) is 0 Å². The number of benzene rings is 1. The first-order valence-electron chi connectivity index (χ1n) is 3.77. The van der Waals surface area contributed by atoms with Gasteiger partial charge in [0.2, 0.25) is 5.91 Å². The number of halogens is 2. The van der Waals surface area contributed by atoms with Crippen LogP contribution < -0.4 is 5.73 Å². The summed E-state index contributed by atoms with van der Waals surface area (Å²) in [4.78, 5) is 10.9. The van der Waals surface area contributed by atoms with E-state index in [0.717, 1.165) is 14.6 Å². The van der Waals surface area contributed by atoms with Gasteiger partial charge in [-0.2, -0.15) is 0 Å². The maximum Gasteiger partial charge on any atom is 0.248 e. The molecule has 0 aliphatic rings. The van der Waals surface area contributed by atoms with E-state index >= 15 is 0 Å². The maximum atomic E-state index is 10.9. The minimum Gasteiger partial charge on any atom is -0.366 e. The number of carbonyl (C=O) groups excluding carboxylic acids is 1. The summed E-state index contributed by atoms with van der Waals surface area (Å²) in [5.41, 5.74) is 5.76. The molecule has 5 heteroatoms. The van der Waals surface area contributed by atoms with Crippen LogP contribution in [0.3, 0.4) is 0 Å². The Morgan fingerprint density at radius 2 is 2.21 bits per heavy atom. The predicted octanol–water partition coefficient (Wildman–Crippen LogP) is 3.37. The predicted molar refractivity (Wildman–Crippen MR) is 70.8 cm³/mol. The number of amides is 1. The molecule has 0 saturated heterocycles. The van der Waals surface area contributed by atoms with Gasteiger partial charge in [0.25, 0.3) is 0 Å². The van der Waals surface area contributed by atoms with Crippen LogP contribution in [0.5, 0.6) is 0 Å². The molecule has 0 saturated carbocycles. The third-order valence-electron chi connectivity index (χ3n) is 1.87. The van der Waals surface area contributed by atoms with Gasteiger partial charge in [-0.05, 0) is 50.7 Å².